The molecule has 0 unspecified atom stereocenters. The normalized spacial score (nSPS) is 17.0. The van der Waals surface area contributed by atoms with Gasteiger partial charge in [0.2, 0.25) is 6.61 Å². The first kappa shape index (κ1) is 24.8. The van der Waals surface area contributed by atoms with Gasteiger partial charge in [0, 0.05) is 55.6 Å². The highest BCUT2D eigenvalue weighted by atomic mass is 19.2. The van der Waals surface area contributed by atoms with E-state index in [0.717, 1.165) is 61.3 Å². The van der Waals surface area contributed by atoms with E-state index in [-0.39, 0.29) is 17.8 Å². The first-order valence-electron chi connectivity index (χ1n) is 12.1. The van der Waals surface area contributed by atoms with Crippen molar-refractivity contribution in [3.8, 4) is 6.07 Å². The summed E-state index contributed by atoms with van der Waals surface area (Å²) in [4.78, 5) is 19.4. The van der Waals surface area contributed by atoms with Gasteiger partial charge in [-0.25, -0.2) is 8.78 Å². The van der Waals surface area contributed by atoms with Gasteiger partial charge in [0.1, 0.15) is 11.8 Å². The zero-order chi connectivity index (χ0) is 26.0. The van der Waals surface area contributed by atoms with E-state index in [9.17, 15) is 13.6 Å². The largest absolute Gasteiger partial charge is 0.380 e. The van der Waals surface area contributed by atoms with E-state index in [1.54, 1.807) is 17.7 Å². The summed E-state index contributed by atoms with van der Waals surface area (Å²) in [5.41, 5.74) is 4.18. The van der Waals surface area contributed by atoms with Crippen molar-refractivity contribution in [2.45, 2.75) is 31.6 Å². The third-order valence-corrected chi connectivity index (χ3v) is 7.08. The van der Waals surface area contributed by atoms with E-state index in [2.05, 4.69) is 10.1 Å². The van der Waals surface area contributed by atoms with Gasteiger partial charge in [-0.05, 0) is 42.2 Å². The summed E-state index contributed by atoms with van der Waals surface area (Å²) in [6.45, 7) is 2.68. The van der Waals surface area contributed by atoms with E-state index in [1.165, 1.54) is 6.07 Å². The van der Waals surface area contributed by atoms with Crippen LogP contribution in [0.5, 0.6) is 0 Å². The van der Waals surface area contributed by atoms with Gasteiger partial charge in [-0.1, -0.05) is 29.4 Å². The molecular weight excluding hydrogens is 478 g/mol. The standard InChI is InChI=1S/C28H26F2N4O3/c1-33-17-23-22(15-26(33)35)18-36-28(23)8-11-34(12-9-28)16-19-2-4-20(5-3-19)27(32-37-13-10-31)21-6-7-24(29)25(30)14-21/h2-7,14-15,17H,8-9,11-13,16,18H2,1H3. The molecule has 1 fully saturated rings. The van der Waals surface area contributed by atoms with E-state index in [1.807, 2.05) is 36.5 Å². The SMILES string of the molecule is Cn1cc2c(cc1=O)COC21CCN(Cc2ccc(C(=NOCC#N)c3ccc(F)c(F)c3)cc2)CC1. The highest BCUT2D eigenvalue weighted by molar-refractivity contribution is 6.12. The van der Waals surface area contributed by atoms with Gasteiger partial charge in [-0.2, -0.15) is 5.26 Å². The number of aryl methyl sites for hydroxylation is 1. The third-order valence-electron chi connectivity index (χ3n) is 7.08. The van der Waals surface area contributed by atoms with Crippen LogP contribution in [0, 0.1) is 23.0 Å². The van der Waals surface area contributed by atoms with Crippen LogP contribution in [0.25, 0.3) is 0 Å². The fourth-order valence-electron chi connectivity index (χ4n) is 5.05. The monoisotopic (exact) mass is 504 g/mol. The van der Waals surface area contributed by atoms with Crippen LogP contribution in [0.3, 0.4) is 0 Å². The molecule has 1 saturated heterocycles. The number of oxime groups is 1. The fraction of sp³-hybridized carbons (Fsp3) is 0.321. The second-order valence-electron chi connectivity index (χ2n) is 9.42. The number of aromatic nitrogens is 1. The topological polar surface area (TPSA) is 79.8 Å². The highest BCUT2D eigenvalue weighted by Gasteiger charge is 2.43. The van der Waals surface area contributed by atoms with Gasteiger partial charge in [-0.3, -0.25) is 9.69 Å². The van der Waals surface area contributed by atoms with E-state index >= 15 is 0 Å². The van der Waals surface area contributed by atoms with Crippen molar-refractivity contribution in [1.82, 2.24) is 9.47 Å². The number of hydrogen-bond donors (Lipinski definition) is 0. The zero-order valence-electron chi connectivity index (χ0n) is 20.4. The summed E-state index contributed by atoms with van der Waals surface area (Å²) in [5, 5.41) is 12.8. The molecule has 0 bridgehead atoms. The number of rotatable bonds is 6. The van der Waals surface area contributed by atoms with Crippen LogP contribution in [0.4, 0.5) is 8.78 Å². The number of nitrogens with zero attached hydrogens (tertiary/aromatic N) is 4. The Morgan fingerprint density at radius 1 is 1.11 bits per heavy atom. The number of fused-ring (bicyclic) bond motifs is 2. The summed E-state index contributed by atoms with van der Waals surface area (Å²) >= 11 is 0. The van der Waals surface area contributed by atoms with Gasteiger partial charge in [0.15, 0.2) is 11.6 Å². The lowest BCUT2D eigenvalue weighted by molar-refractivity contribution is -0.0801. The van der Waals surface area contributed by atoms with Crippen molar-refractivity contribution in [3.05, 3.63) is 105 Å². The maximum Gasteiger partial charge on any atom is 0.250 e. The summed E-state index contributed by atoms with van der Waals surface area (Å²) in [6, 6.07) is 14.7. The summed E-state index contributed by atoms with van der Waals surface area (Å²) in [6.07, 6.45) is 3.62. The molecule has 3 heterocycles. The minimum atomic E-state index is -0.985. The van der Waals surface area contributed by atoms with Crippen LogP contribution in [0.15, 0.2) is 64.7 Å². The molecule has 0 amide bonds. The molecule has 2 aliphatic heterocycles. The Morgan fingerprint density at radius 2 is 1.84 bits per heavy atom. The van der Waals surface area contributed by atoms with E-state index in [4.69, 9.17) is 14.8 Å². The Kier molecular flexibility index (Phi) is 6.87. The predicted octanol–water partition coefficient (Wildman–Crippen LogP) is 3.98. The number of ether oxygens (including phenoxy) is 1. The third kappa shape index (κ3) is 5.03. The van der Waals surface area contributed by atoms with Crippen LogP contribution in [0.1, 0.15) is 40.7 Å². The quantitative estimate of drug-likeness (QED) is 0.288. The van der Waals surface area contributed by atoms with E-state index < -0.39 is 11.6 Å². The van der Waals surface area contributed by atoms with Gasteiger partial charge < -0.3 is 14.1 Å². The molecule has 9 heteroatoms. The van der Waals surface area contributed by atoms with Gasteiger partial charge >= 0.3 is 0 Å². The lowest BCUT2D eigenvalue weighted by atomic mass is 9.84. The number of halogens is 2. The Bertz CT molecular complexity index is 1440. The van der Waals surface area contributed by atoms with Crippen molar-refractivity contribution in [2.24, 2.45) is 12.2 Å². The maximum atomic E-state index is 13.8. The lowest BCUT2D eigenvalue weighted by Gasteiger charge is -2.39. The van der Waals surface area contributed by atoms with Crippen LogP contribution >= 0.6 is 0 Å². The molecule has 0 radical (unpaired) electrons. The number of pyridine rings is 1. The Balaban J connectivity index is 1.28. The molecule has 0 saturated carbocycles. The highest BCUT2D eigenvalue weighted by Crippen LogP contribution is 2.43. The van der Waals surface area contributed by atoms with Crippen molar-refractivity contribution >= 4 is 5.71 Å². The molecule has 2 aromatic carbocycles. The zero-order valence-corrected chi connectivity index (χ0v) is 20.4. The minimum Gasteiger partial charge on any atom is -0.380 e. The maximum absolute atomic E-state index is 13.8. The number of nitriles is 1. The van der Waals surface area contributed by atoms with Gasteiger partial charge in [0.05, 0.1) is 12.2 Å². The van der Waals surface area contributed by atoms with Crippen LogP contribution < -0.4 is 5.56 Å². The van der Waals surface area contributed by atoms with Crippen LogP contribution in [-0.2, 0) is 35.4 Å². The van der Waals surface area contributed by atoms with Crippen molar-refractivity contribution in [1.29, 1.82) is 5.26 Å². The smallest absolute Gasteiger partial charge is 0.250 e. The lowest BCUT2D eigenvalue weighted by Crippen LogP contribution is -2.42. The van der Waals surface area contributed by atoms with Gasteiger partial charge in [0.25, 0.3) is 5.56 Å². The fourth-order valence-corrected chi connectivity index (χ4v) is 5.05. The molecule has 1 spiro atoms. The molecule has 2 aliphatic rings. The molecule has 0 aliphatic carbocycles. The molecule has 5 rings (SSSR count). The van der Waals surface area contributed by atoms with Crippen LogP contribution in [-0.4, -0.2) is 34.9 Å². The molecular formula is C28H26F2N4O3. The number of likely N-dealkylation sites (tertiary alicyclic amines) is 1. The molecule has 0 N–H and O–H groups in total. The molecule has 0 atom stereocenters. The van der Waals surface area contributed by atoms with Crippen LogP contribution in [0.2, 0.25) is 0 Å². The second-order valence-corrected chi connectivity index (χ2v) is 9.42. The number of piperidine rings is 1. The predicted molar refractivity (Wildman–Crippen MR) is 133 cm³/mol. The molecule has 7 nitrogen and oxygen atoms in total. The first-order valence-corrected chi connectivity index (χ1v) is 12.1. The summed E-state index contributed by atoms with van der Waals surface area (Å²) in [7, 11) is 1.77. The van der Waals surface area contributed by atoms with Crippen molar-refractivity contribution < 1.29 is 18.4 Å². The molecule has 37 heavy (non-hydrogen) atoms. The minimum absolute atomic E-state index is 0.0188. The average molecular weight is 505 g/mol. The summed E-state index contributed by atoms with van der Waals surface area (Å²) in [5.74, 6) is -1.93. The van der Waals surface area contributed by atoms with Crippen molar-refractivity contribution in [3.63, 3.8) is 0 Å². The second kappa shape index (κ2) is 10.2. The molecule has 190 valence electrons. The summed E-state index contributed by atoms with van der Waals surface area (Å²) < 4.78 is 35.1. The Labute approximate surface area is 213 Å². The molecule has 1 aromatic heterocycles. The molecule has 3 aromatic rings. The average Bonchev–Trinajstić information content (AvgIpc) is 3.22. The Morgan fingerprint density at radius 3 is 2.54 bits per heavy atom. The van der Waals surface area contributed by atoms with E-state index in [0.29, 0.717) is 23.4 Å². The Hall–Kier alpha value is -3.87. The van der Waals surface area contributed by atoms with Crippen molar-refractivity contribution in [2.75, 3.05) is 19.7 Å². The first-order chi connectivity index (χ1) is 17.9. The van der Waals surface area contributed by atoms with Gasteiger partial charge in [-0.15, -0.1) is 0 Å². The number of benzene rings is 2. The number of hydrogen-bond acceptors (Lipinski definition) is 6.